The SMILES string of the molecule is O=C(Cc1c(Cl)cccc1Cl)C1CCC(F)(F)C1. The van der Waals surface area contributed by atoms with E-state index in [0.717, 1.165) is 0 Å². The minimum atomic E-state index is -2.70. The topological polar surface area (TPSA) is 17.1 Å². The summed E-state index contributed by atoms with van der Waals surface area (Å²) in [7, 11) is 0. The van der Waals surface area contributed by atoms with Gasteiger partial charge in [0, 0.05) is 35.2 Å². The number of ketones is 1. The Hall–Kier alpha value is -0.670. The smallest absolute Gasteiger partial charge is 0.248 e. The largest absolute Gasteiger partial charge is 0.299 e. The average molecular weight is 293 g/mol. The van der Waals surface area contributed by atoms with E-state index in [1.54, 1.807) is 18.2 Å². The molecular weight excluding hydrogens is 281 g/mol. The lowest BCUT2D eigenvalue weighted by Gasteiger charge is -2.11. The molecule has 0 bridgehead atoms. The maximum absolute atomic E-state index is 13.0. The highest BCUT2D eigenvalue weighted by Gasteiger charge is 2.42. The van der Waals surface area contributed by atoms with Crippen LogP contribution in [0.4, 0.5) is 8.78 Å². The van der Waals surface area contributed by atoms with Gasteiger partial charge in [0.25, 0.3) is 0 Å². The Morgan fingerprint density at radius 2 is 1.94 bits per heavy atom. The van der Waals surface area contributed by atoms with Crippen LogP contribution in [-0.2, 0) is 11.2 Å². The molecule has 1 aromatic carbocycles. The number of alkyl halides is 2. The normalized spacial score (nSPS) is 22.1. The molecule has 2 rings (SSSR count). The summed E-state index contributed by atoms with van der Waals surface area (Å²) < 4.78 is 26.1. The lowest BCUT2D eigenvalue weighted by molar-refractivity contribution is -0.123. The van der Waals surface area contributed by atoms with Crippen LogP contribution in [0.25, 0.3) is 0 Å². The standard InChI is InChI=1S/C13H12Cl2F2O/c14-10-2-1-3-11(15)9(10)6-12(18)8-4-5-13(16,17)7-8/h1-3,8H,4-7H2. The quantitative estimate of drug-likeness (QED) is 0.799. The van der Waals surface area contributed by atoms with Crippen LogP contribution in [0, 0.1) is 5.92 Å². The molecule has 1 aliphatic carbocycles. The maximum atomic E-state index is 13.0. The van der Waals surface area contributed by atoms with Gasteiger partial charge in [-0.3, -0.25) is 4.79 Å². The van der Waals surface area contributed by atoms with Crippen molar-refractivity contribution >= 4 is 29.0 Å². The van der Waals surface area contributed by atoms with Crippen LogP contribution in [0.1, 0.15) is 24.8 Å². The molecule has 0 aromatic heterocycles. The van der Waals surface area contributed by atoms with E-state index < -0.39 is 11.8 Å². The van der Waals surface area contributed by atoms with Gasteiger partial charge in [-0.15, -0.1) is 0 Å². The van der Waals surface area contributed by atoms with Crippen molar-refractivity contribution in [2.75, 3.05) is 0 Å². The number of benzene rings is 1. The number of carbonyl (C=O) groups is 1. The zero-order valence-corrected chi connectivity index (χ0v) is 11.1. The summed E-state index contributed by atoms with van der Waals surface area (Å²) in [5, 5.41) is 0.807. The summed E-state index contributed by atoms with van der Waals surface area (Å²) >= 11 is 11.9. The highest BCUT2D eigenvalue weighted by molar-refractivity contribution is 6.36. The number of hydrogen-bond donors (Lipinski definition) is 0. The Labute approximate surface area is 114 Å². The van der Waals surface area contributed by atoms with Gasteiger partial charge in [-0.25, -0.2) is 8.78 Å². The minimum absolute atomic E-state index is 0.0270. The molecule has 0 aliphatic heterocycles. The third-order valence-corrected chi connectivity index (χ3v) is 3.98. The molecule has 1 saturated carbocycles. The van der Waals surface area contributed by atoms with E-state index in [-0.39, 0.29) is 31.5 Å². The van der Waals surface area contributed by atoms with Crippen molar-refractivity contribution < 1.29 is 13.6 Å². The monoisotopic (exact) mass is 292 g/mol. The van der Waals surface area contributed by atoms with Crippen molar-refractivity contribution in [2.45, 2.75) is 31.6 Å². The third-order valence-electron chi connectivity index (χ3n) is 3.27. The number of halogens is 4. The van der Waals surface area contributed by atoms with E-state index in [0.29, 0.717) is 15.6 Å². The first-order valence-electron chi connectivity index (χ1n) is 5.72. The molecule has 0 saturated heterocycles. The molecule has 0 spiro atoms. The van der Waals surface area contributed by atoms with Gasteiger partial charge in [0.05, 0.1) is 0 Å². The number of hydrogen-bond acceptors (Lipinski definition) is 1. The van der Waals surface area contributed by atoms with Gasteiger partial charge in [0.15, 0.2) is 0 Å². The molecule has 1 aromatic rings. The van der Waals surface area contributed by atoms with Gasteiger partial charge in [-0.05, 0) is 24.1 Å². The van der Waals surface area contributed by atoms with Crippen LogP contribution in [0.15, 0.2) is 18.2 Å². The second-order valence-electron chi connectivity index (χ2n) is 4.64. The summed E-state index contributed by atoms with van der Waals surface area (Å²) in [6.07, 6.45) is -0.291. The molecule has 0 heterocycles. The van der Waals surface area contributed by atoms with E-state index in [9.17, 15) is 13.6 Å². The molecule has 0 amide bonds. The summed E-state index contributed by atoms with van der Waals surface area (Å²) in [5.41, 5.74) is 0.529. The third kappa shape index (κ3) is 3.01. The second kappa shape index (κ2) is 5.14. The van der Waals surface area contributed by atoms with Gasteiger partial charge in [-0.2, -0.15) is 0 Å². The number of Topliss-reactive ketones (excluding diaryl/α,β-unsaturated/α-hetero) is 1. The van der Waals surface area contributed by atoms with Crippen LogP contribution in [0.2, 0.25) is 10.0 Å². The first-order valence-corrected chi connectivity index (χ1v) is 6.48. The number of carbonyl (C=O) groups excluding carboxylic acids is 1. The van der Waals surface area contributed by atoms with Crippen LogP contribution in [-0.4, -0.2) is 11.7 Å². The van der Waals surface area contributed by atoms with Gasteiger partial charge in [0.2, 0.25) is 5.92 Å². The predicted octanol–water partition coefficient (Wildman–Crippen LogP) is 4.54. The molecule has 0 radical (unpaired) electrons. The average Bonchev–Trinajstić information content (AvgIpc) is 2.64. The summed E-state index contributed by atoms with van der Waals surface area (Å²) in [5.74, 6) is -3.49. The highest BCUT2D eigenvalue weighted by atomic mass is 35.5. The molecule has 1 fully saturated rings. The minimum Gasteiger partial charge on any atom is -0.299 e. The molecule has 1 nitrogen and oxygen atoms in total. The Morgan fingerprint density at radius 1 is 1.33 bits per heavy atom. The van der Waals surface area contributed by atoms with Crippen molar-refractivity contribution in [3.63, 3.8) is 0 Å². The zero-order valence-electron chi connectivity index (χ0n) is 9.56. The van der Waals surface area contributed by atoms with Crippen molar-refractivity contribution in [3.05, 3.63) is 33.8 Å². The summed E-state index contributed by atoms with van der Waals surface area (Å²) in [6.45, 7) is 0. The fraction of sp³-hybridized carbons (Fsp3) is 0.462. The molecule has 1 unspecified atom stereocenters. The Kier molecular flexibility index (Phi) is 3.93. The Balaban J connectivity index is 2.08. The molecule has 98 valence electrons. The predicted molar refractivity (Wildman–Crippen MR) is 67.5 cm³/mol. The van der Waals surface area contributed by atoms with Crippen LogP contribution in [0.5, 0.6) is 0 Å². The molecule has 0 N–H and O–H groups in total. The van der Waals surface area contributed by atoms with Crippen molar-refractivity contribution in [1.29, 1.82) is 0 Å². The molecule has 5 heteroatoms. The Bertz CT molecular complexity index is 454. The molecule has 1 atom stereocenters. The molecule has 18 heavy (non-hydrogen) atoms. The fourth-order valence-corrected chi connectivity index (χ4v) is 2.78. The first kappa shape index (κ1) is 13.8. The van der Waals surface area contributed by atoms with Crippen LogP contribution >= 0.6 is 23.2 Å². The molecular formula is C13H12Cl2F2O. The van der Waals surface area contributed by atoms with E-state index >= 15 is 0 Å². The van der Waals surface area contributed by atoms with E-state index in [2.05, 4.69) is 0 Å². The van der Waals surface area contributed by atoms with E-state index in [1.165, 1.54) is 0 Å². The maximum Gasteiger partial charge on any atom is 0.248 e. The highest BCUT2D eigenvalue weighted by Crippen LogP contribution is 2.40. The first-order chi connectivity index (χ1) is 8.39. The van der Waals surface area contributed by atoms with Gasteiger partial charge in [-0.1, -0.05) is 29.3 Å². The van der Waals surface area contributed by atoms with E-state index in [4.69, 9.17) is 23.2 Å². The number of rotatable bonds is 3. The zero-order chi connectivity index (χ0) is 13.3. The van der Waals surface area contributed by atoms with Crippen molar-refractivity contribution in [3.8, 4) is 0 Å². The van der Waals surface area contributed by atoms with E-state index in [1.807, 2.05) is 0 Å². The lowest BCUT2D eigenvalue weighted by atomic mass is 9.96. The Morgan fingerprint density at radius 3 is 2.44 bits per heavy atom. The van der Waals surface area contributed by atoms with Gasteiger partial charge in [0.1, 0.15) is 5.78 Å². The van der Waals surface area contributed by atoms with Crippen molar-refractivity contribution in [2.24, 2.45) is 5.92 Å². The van der Waals surface area contributed by atoms with Crippen LogP contribution < -0.4 is 0 Å². The second-order valence-corrected chi connectivity index (χ2v) is 5.45. The summed E-state index contributed by atoms with van der Waals surface area (Å²) in [6, 6.07) is 4.96. The van der Waals surface area contributed by atoms with Crippen molar-refractivity contribution in [1.82, 2.24) is 0 Å². The van der Waals surface area contributed by atoms with Gasteiger partial charge < -0.3 is 0 Å². The lowest BCUT2D eigenvalue weighted by Crippen LogP contribution is -2.17. The molecule has 1 aliphatic rings. The summed E-state index contributed by atoms with van der Waals surface area (Å²) in [4.78, 5) is 12.0. The van der Waals surface area contributed by atoms with Gasteiger partial charge >= 0.3 is 0 Å². The van der Waals surface area contributed by atoms with Crippen LogP contribution in [0.3, 0.4) is 0 Å². The fourth-order valence-electron chi connectivity index (χ4n) is 2.24.